The van der Waals surface area contributed by atoms with Gasteiger partial charge in [0.1, 0.15) is 5.75 Å². The molecule has 0 saturated heterocycles. The van der Waals surface area contributed by atoms with E-state index >= 15 is 0 Å². The zero-order valence-electron chi connectivity index (χ0n) is 19.3. The van der Waals surface area contributed by atoms with Crippen molar-refractivity contribution in [2.45, 2.75) is 57.8 Å². The molecule has 0 spiro atoms. The van der Waals surface area contributed by atoms with Crippen LogP contribution in [0.15, 0.2) is 29.4 Å². The smallest absolute Gasteiger partial charge is 0.240 e. The summed E-state index contributed by atoms with van der Waals surface area (Å²) < 4.78 is 7.28. The van der Waals surface area contributed by atoms with Gasteiger partial charge in [-0.2, -0.15) is 0 Å². The van der Waals surface area contributed by atoms with Gasteiger partial charge in [0.25, 0.3) is 0 Å². The molecule has 1 aromatic heterocycles. The average molecular weight is 448 g/mol. The van der Waals surface area contributed by atoms with E-state index in [0.717, 1.165) is 36.5 Å². The summed E-state index contributed by atoms with van der Waals surface area (Å²) in [5, 5.41) is 12.3. The van der Waals surface area contributed by atoms with Gasteiger partial charge in [-0.3, -0.25) is 9.59 Å². The minimum Gasteiger partial charge on any atom is -0.497 e. The summed E-state index contributed by atoms with van der Waals surface area (Å²) in [5.41, 5.74) is 0.613. The number of hydrogen-bond donors (Lipinski definition) is 1. The lowest BCUT2D eigenvalue weighted by Gasteiger charge is -2.23. The number of unbranched alkanes of at least 4 members (excludes halogenated alkanes) is 1. The molecule has 1 aromatic carbocycles. The van der Waals surface area contributed by atoms with Crippen molar-refractivity contribution in [1.29, 1.82) is 0 Å². The molecule has 170 valence electrons. The van der Waals surface area contributed by atoms with E-state index < -0.39 is 0 Å². The minimum atomic E-state index is -0.330. The van der Waals surface area contributed by atoms with Gasteiger partial charge < -0.3 is 19.5 Å². The van der Waals surface area contributed by atoms with Crippen molar-refractivity contribution in [2.24, 2.45) is 0 Å². The first-order valence-electron chi connectivity index (χ1n) is 10.4. The number of rotatable bonds is 10. The number of carbonyl (C=O) groups excluding carboxylic acids is 2. The van der Waals surface area contributed by atoms with Gasteiger partial charge in [-0.25, -0.2) is 0 Å². The predicted octanol–water partition coefficient (Wildman–Crippen LogP) is 3.22. The summed E-state index contributed by atoms with van der Waals surface area (Å²) in [6.07, 6.45) is 2.02. The number of aromatic nitrogens is 3. The number of amides is 2. The highest BCUT2D eigenvalue weighted by molar-refractivity contribution is 7.99. The van der Waals surface area contributed by atoms with Gasteiger partial charge in [0.15, 0.2) is 11.0 Å². The van der Waals surface area contributed by atoms with E-state index in [1.54, 1.807) is 14.2 Å². The lowest BCUT2D eigenvalue weighted by atomic mass is 10.1. The van der Waals surface area contributed by atoms with Crippen LogP contribution >= 0.6 is 11.8 Å². The largest absolute Gasteiger partial charge is 0.497 e. The molecule has 0 aliphatic rings. The highest BCUT2D eigenvalue weighted by Gasteiger charge is 2.20. The highest BCUT2D eigenvalue weighted by atomic mass is 32.2. The molecule has 9 heteroatoms. The van der Waals surface area contributed by atoms with E-state index in [0.29, 0.717) is 5.16 Å². The maximum atomic E-state index is 12.5. The van der Waals surface area contributed by atoms with Crippen molar-refractivity contribution in [3.05, 3.63) is 24.3 Å². The molecule has 8 nitrogen and oxygen atoms in total. The van der Waals surface area contributed by atoms with Crippen LogP contribution in [0, 0.1) is 0 Å². The van der Waals surface area contributed by atoms with Crippen LogP contribution in [0.4, 0.5) is 0 Å². The van der Waals surface area contributed by atoms with Crippen LogP contribution in [-0.4, -0.2) is 63.5 Å². The summed E-state index contributed by atoms with van der Waals surface area (Å²) in [6, 6.07) is 7.68. The highest BCUT2D eigenvalue weighted by Crippen LogP contribution is 2.26. The topological polar surface area (TPSA) is 89.4 Å². The number of likely N-dealkylation sites (N-methyl/N-ethyl adjacent to an activating group) is 1. The third kappa shape index (κ3) is 7.57. The van der Waals surface area contributed by atoms with Gasteiger partial charge in [0, 0.05) is 24.7 Å². The monoisotopic (exact) mass is 447 g/mol. The van der Waals surface area contributed by atoms with Crippen LogP contribution in [0.5, 0.6) is 5.75 Å². The summed E-state index contributed by atoms with van der Waals surface area (Å²) in [4.78, 5) is 26.1. The summed E-state index contributed by atoms with van der Waals surface area (Å²) in [6.45, 7) is 8.65. The molecular formula is C22H33N5O3S. The second-order valence-corrected chi connectivity index (χ2v) is 9.32. The molecule has 31 heavy (non-hydrogen) atoms. The van der Waals surface area contributed by atoms with Crippen molar-refractivity contribution in [3.8, 4) is 17.1 Å². The Morgan fingerprint density at radius 3 is 2.45 bits per heavy atom. The minimum absolute atomic E-state index is 0.0241. The molecule has 0 unspecified atom stereocenters. The summed E-state index contributed by atoms with van der Waals surface area (Å²) in [5.74, 6) is 1.42. The molecule has 2 aromatic rings. The number of benzene rings is 1. The lowest BCUT2D eigenvalue weighted by Crippen LogP contribution is -2.46. The Kier molecular flexibility index (Phi) is 8.91. The third-order valence-corrected chi connectivity index (χ3v) is 5.40. The second kappa shape index (κ2) is 11.2. The van der Waals surface area contributed by atoms with Crippen LogP contribution in [0.25, 0.3) is 11.4 Å². The Morgan fingerprint density at radius 2 is 1.87 bits per heavy atom. The van der Waals surface area contributed by atoms with Gasteiger partial charge in [-0.1, -0.05) is 25.1 Å². The van der Waals surface area contributed by atoms with E-state index in [9.17, 15) is 9.59 Å². The molecular weight excluding hydrogens is 414 g/mol. The Hall–Kier alpha value is -2.55. The van der Waals surface area contributed by atoms with Crippen LogP contribution in [0.3, 0.4) is 0 Å². The molecule has 1 N–H and O–H groups in total. The number of thioether (sulfide) groups is 1. The van der Waals surface area contributed by atoms with Gasteiger partial charge in [0.2, 0.25) is 11.8 Å². The van der Waals surface area contributed by atoms with Crippen molar-refractivity contribution >= 4 is 23.6 Å². The maximum Gasteiger partial charge on any atom is 0.240 e. The first-order chi connectivity index (χ1) is 14.6. The zero-order chi connectivity index (χ0) is 23.0. The van der Waals surface area contributed by atoms with E-state index in [2.05, 4.69) is 27.0 Å². The number of hydrogen-bond acceptors (Lipinski definition) is 6. The standard InChI is InChI=1S/C22H33N5O3S/c1-7-8-13-27-20(16-9-11-17(30-6)12-10-16)24-25-21(27)31-15-19(29)26(5)14-18(28)23-22(2,3)4/h9-12H,7-8,13-15H2,1-6H3,(H,23,28). The van der Waals surface area contributed by atoms with Crippen molar-refractivity contribution in [1.82, 2.24) is 25.0 Å². The SMILES string of the molecule is CCCCn1c(SCC(=O)N(C)CC(=O)NC(C)(C)C)nnc1-c1ccc(OC)cc1. The Morgan fingerprint density at radius 1 is 1.19 bits per heavy atom. The fourth-order valence-corrected chi connectivity index (χ4v) is 3.77. The molecule has 2 amide bonds. The molecule has 0 fully saturated rings. The first kappa shape index (κ1) is 24.7. The molecule has 0 aliphatic carbocycles. The Balaban J connectivity index is 2.07. The number of nitrogens with one attached hydrogen (secondary N) is 1. The van der Waals surface area contributed by atoms with Crippen LogP contribution < -0.4 is 10.1 Å². The quantitative estimate of drug-likeness (QED) is 0.563. The molecule has 0 aliphatic heterocycles. The van der Waals surface area contributed by atoms with Crippen LogP contribution in [-0.2, 0) is 16.1 Å². The molecule has 0 saturated carbocycles. The van der Waals surface area contributed by atoms with Gasteiger partial charge >= 0.3 is 0 Å². The predicted molar refractivity (Wildman–Crippen MR) is 123 cm³/mol. The van der Waals surface area contributed by atoms with Gasteiger partial charge in [-0.05, 0) is 51.5 Å². The number of ether oxygens (including phenoxy) is 1. The van der Waals surface area contributed by atoms with E-state index in [4.69, 9.17) is 4.74 Å². The first-order valence-corrected chi connectivity index (χ1v) is 11.4. The Bertz CT molecular complexity index is 874. The fourth-order valence-electron chi connectivity index (χ4n) is 2.86. The van der Waals surface area contributed by atoms with Crippen LogP contribution in [0.2, 0.25) is 0 Å². The normalized spacial score (nSPS) is 11.3. The zero-order valence-corrected chi connectivity index (χ0v) is 20.1. The van der Waals surface area contributed by atoms with Gasteiger partial charge in [-0.15, -0.1) is 10.2 Å². The van der Waals surface area contributed by atoms with Crippen molar-refractivity contribution < 1.29 is 14.3 Å². The second-order valence-electron chi connectivity index (χ2n) is 8.38. The van der Waals surface area contributed by atoms with Crippen molar-refractivity contribution in [2.75, 3.05) is 26.5 Å². The number of carbonyl (C=O) groups is 2. The fraction of sp³-hybridized carbons (Fsp3) is 0.545. The molecule has 0 radical (unpaired) electrons. The van der Waals surface area contributed by atoms with E-state index in [-0.39, 0.29) is 29.7 Å². The van der Waals surface area contributed by atoms with E-state index in [1.165, 1.54) is 16.7 Å². The maximum absolute atomic E-state index is 12.5. The average Bonchev–Trinajstić information content (AvgIpc) is 3.11. The number of methoxy groups -OCH3 is 1. The summed E-state index contributed by atoms with van der Waals surface area (Å²) >= 11 is 1.34. The molecule has 2 rings (SSSR count). The molecule has 0 bridgehead atoms. The number of nitrogens with zero attached hydrogens (tertiary/aromatic N) is 4. The third-order valence-electron chi connectivity index (χ3n) is 4.45. The summed E-state index contributed by atoms with van der Waals surface area (Å²) in [7, 11) is 3.27. The lowest BCUT2D eigenvalue weighted by molar-refractivity contribution is -0.133. The van der Waals surface area contributed by atoms with Gasteiger partial charge in [0.05, 0.1) is 19.4 Å². The van der Waals surface area contributed by atoms with E-state index in [1.807, 2.05) is 45.0 Å². The van der Waals surface area contributed by atoms with Crippen molar-refractivity contribution in [3.63, 3.8) is 0 Å². The molecule has 1 heterocycles. The molecule has 0 atom stereocenters. The Labute approximate surface area is 188 Å². The van der Waals surface area contributed by atoms with Crippen LogP contribution in [0.1, 0.15) is 40.5 Å².